The Labute approximate surface area is 222 Å². The fourth-order valence-corrected chi connectivity index (χ4v) is 4.92. The molecule has 1 aromatic heterocycles. The summed E-state index contributed by atoms with van der Waals surface area (Å²) in [4.78, 5) is 28.4. The topological polar surface area (TPSA) is 61.8 Å². The molecule has 1 aliphatic rings. The van der Waals surface area contributed by atoms with E-state index in [1.54, 1.807) is 17.0 Å². The standard InChI is InChI=1S/C27H31Cl2N5O2/c1-4-34(26(35)17-22-23(28)9-10-24(36-3)27(22)29)25-16-20(30-18-31-25)15-19-5-7-21(8-6-19)33-13-11-32(2)12-14-33/h5-10,16,18H,4,11-15,17H2,1-3H3. The van der Waals surface area contributed by atoms with Crippen molar-refractivity contribution < 1.29 is 9.53 Å². The first kappa shape index (κ1) is 26.2. The minimum atomic E-state index is -0.157. The summed E-state index contributed by atoms with van der Waals surface area (Å²) in [6, 6.07) is 13.9. The van der Waals surface area contributed by atoms with E-state index < -0.39 is 0 Å². The molecule has 1 fully saturated rings. The number of hydrogen-bond acceptors (Lipinski definition) is 6. The molecule has 4 rings (SSSR count). The lowest BCUT2D eigenvalue weighted by molar-refractivity contribution is -0.118. The summed E-state index contributed by atoms with van der Waals surface area (Å²) < 4.78 is 5.27. The summed E-state index contributed by atoms with van der Waals surface area (Å²) in [6.07, 6.45) is 2.19. The zero-order valence-corrected chi connectivity index (χ0v) is 22.4. The van der Waals surface area contributed by atoms with E-state index in [0.717, 1.165) is 37.4 Å². The molecule has 0 N–H and O–H groups in total. The second kappa shape index (κ2) is 11.9. The average Bonchev–Trinajstić information content (AvgIpc) is 2.88. The van der Waals surface area contributed by atoms with Crippen molar-refractivity contribution in [1.82, 2.24) is 14.9 Å². The van der Waals surface area contributed by atoms with Crippen molar-refractivity contribution in [2.75, 3.05) is 56.7 Å². The van der Waals surface area contributed by atoms with Crippen LogP contribution in [0.25, 0.3) is 0 Å². The minimum absolute atomic E-state index is 0.0375. The number of anilines is 2. The number of aromatic nitrogens is 2. The monoisotopic (exact) mass is 527 g/mol. The number of benzene rings is 2. The van der Waals surface area contributed by atoms with E-state index in [1.807, 2.05) is 13.0 Å². The van der Waals surface area contributed by atoms with E-state index in [4.69, 9.17) is 27.9 Å². The van der Waals surface area contributed by atoms with Crippen LogP contribution in [0, 0.1) is 0 Å². The Morgan fingerprint density at radius 2 is 1.78 bits per heavy atom. The molecule has 1 saturated heterocycles. The summed E-state index contributed by atoms with van der Waals surface area (Å²) in [7, 11) is 3.69. The van der Waals surface area contributed by atoms with Crippen molar-refractivity contribution in [2.24, 2.45) is 0 Å². The van der Waals surface area contributed by atoms with Crippen molar-refractivity contribution in [1.29, 1.82) is 0 Å². The highest BCUT2D eigenvalue weighted by Crippen LogP contribution is 2.34. The number of ether oxygens (including phenoxy) is 1. The molecule has 1 amide bonds. The molecule has 0 spiro atoms. The zero-order valence-electron chi connectivity index (χ0n) is 20.9. The number of carbonyl (C=O) groups excluding carboxylic acids is 1. The Kier molecular flexibility index (Phi) is 8.67. The highest BCUT2D eigenvalue weighted by molar-refractivity contribution is 6.37. The Bertz CT molecular complexity index is 1200. The quantitative estimate of drug-likeness (QED) is 0.422. The van der Waals surface area contributed by atoms with Gasteiger partial charge in [0.05, 0.1) is 24.2 Å². The molecule has 9 heteroatoms. The summed E-state index contributed by atoms with van der Waals surface area (Å²) in [5, 5.41) is 0.770. The van der Waals surface area contributed by atoms with E-state index in [-0.39, 0.29) is 12.3 Å². The molecule has 36 heavy (non-hydrogen) atoms. The van der Waals surface area contributed by atoms with Gasteiger partial charge in [0.15, 0.2) is 0 Å². The van der Waals surface area contributed by atoms with Crippen molar-refractivity contribution in [3.63, 3.8) is 0 Å². The Balaban J connectivity index is 1.46. The van der Waals surface area contributed by atoms with Crippen LogP contribution in [0.1, 0.15) is 23.7 Å². The van der Waals surface area contributed by atoms with Crippen LogP contribution >= 0.6 is 23.2 Å². The first-order valence-corrected chi connectivity index (χ1v) is 12.8. The van der Waals surface area contributed by atoms with Crippen molar-refractivity contribution in [2.45, 2.75) is 19.8 Å². The third-order valence-electron chi connectivity index (χ3n) is 6.49. The molecular weight excluding hydrogens is 497 g/mol. The Morgan fingerprint density at radius 3 is 2.44 bits per heavy atom. The van der Waals surface area contributed by atoms with Crippen LogP contribution in [-0.4, -0.2) is 67.7 Å². The molecule has 0 atom stereocenters. The van der Waals surface area contributed by atoms with Gasteiger partial charge in [-0.25, -0.2) is 9.97 Å². The van der Waals surface area contributed by atoms with Gasteiger partial charge < -0.3 is 14.5 Å². The molecule has 0 unspecified atom stereocenters. The maximum absolute atomic E-state index is 13.2. The molecule has 0 aliphatic carbocycles. The first-order chi connectivity index (χ1) is 17.4. The van der Waals surface area contributed by atoms with E-state index in [1.165, 1.54) is 19.1 Å². The van der Waals surface area contributed by atoms with E-state index >= 15 is 0 Å². The van der Waals surface area contributed by atoms with Crippen molar-refractivity contribution in [3.05, 3.63) is 75.7 Å². The predicted octanol–water partition coefficient (Wildman–Crippen LogP) is 4.73. The van der Waals surface area contributed by atoms with E-state index in [9.17, 15) is 4.79 Å². The molecule has 190 valence electrons. The summed E-state index contributed by atoms with van der Waals surface area (Å²) in [5.41, 5.74) is 3.78. The van der Waals surface area contributed by atoms with Crippen LogP contribution < -0.4 is 14.5 Å². The number of rotatable bonds is 8. The van der Waals surface area contributed by atoms with E-state index in [0.29, 0.717) is 40.1 Å². The van der Waals surface area contributed by atoms with Crippen LogP contribution in [0.3, 0.4) is 0 Å². The number of hydrogen-bond donors (Lipinski definition) is 0. The Hall–Kier alpha value is -2.87. The lowest BCUT2D eigenvalue weighted by atomic mass is 10.1. The number of nitrogens with zero attached hydrogens (tertiary/aromatic N) is 5. The van der Waals surface area contributed by atoms with Gasteiger partial charge in [0.1, 0.15) is 17.9 Å². The molecule has 3 aromatic rings. The molecular formula is C27H31Cl2N5O2. The fourth-order valence-electron chi connectivity index (χ4n) is 4.34. The van der Waals surface area contributed by atoms with Gasteiger partial charge in [-0.15, -0.1) is 0 Å². The number of carbonyl (C=O) groups is 1. The van der Waals surface area contributed by atoms with Crippen LogP contribution in [0.4, 0.5) is 11.5 Å². The van der Waals surface area contributed by atoms with Gasteiger partial charge in [0.2, 0.25) is 5.91 Å². The Morgan fingerprint density at radius 1 is 1.06 bits per heavy atom. The van der Waals surface area contributed by atoms with Gasteiger partial charge in [-0.1, -0.05) is 35.3 Å². The summed E-state index contributed by atoms with van der Waals surface area (Å²) in [6.45, 7) is 6.60. The fraction of sp³-hybridized carbons (Fsp3) is 0.370. The van der Waals surface area contributed by atoms with Gasteiger partial charge in [-0.05, 0) is 43.8 Å². The minimum Gasteiger partial charge on any atom is -0.495 e. The molecule has 1 aliphatic heterocycles. The third-order valence-corrected chi connectivity index (χ3v) is 7.26. The van der Waals surface area contributed by atoms with Crippen LogP contribution in [0.2, 0.25) is 10.0 Å². The maximum Gasteiger partial charge on any atom is 0.232 e. The first-order valence-electron chi connectivity index (χ1n) is 12.0. The highest BCUT2D eigenvalue weighted by Gasteiger charge is 2.21. The largest absolute Gasteiger partial charge is 0.495 e. The molecule has 0 radical (unpaired) electrons. The van der Waals surface area contributed by atoms with Gasteiger partial charge >= 0.3 is 0 Å². The maximum atomic E-state index is 13.2. The lowest BCUT2D eigenvalue weighted by Gasteiger charge is -2.34. The van der Waals surface area contributed by atoms with Crippen LogP contribution in [-0.2, 0) is 17.6 Å². The van der Waals surface area contributed by atoms with Gasteiger partial charge in [0.25, 0.3) is 0 Å². The second-order valence-corrected chi connectivity index (χ2v) is 9.64. The SMILES string of the molecule is CCN(C(=O)Cc1c(Cl)ccc(OC)c1Cl)c1cc(Cc2ccc(N3CCN(C)CC3)cc2)ncn1. The smallest absolute Gasteiger partial charge is 0.232 e. The van der Waals surface area contributed by atoms with E-state index in [2.05, 4.69) is 51.1 Å². The number of amides is 1. The van der Waals surface area contributed by atoms with Crippen LogP contribution in [0.15, 0.2) is 48.8 Å². The van der Waals surface area contributed by atoms with Gasteiger partial charge in [0, 0.05) is 61.5 Å². The highest BCUT2D eigenvalue weighted by atomic mass is 35.5. The molecule has 7 nitrogen and oxygen atoms in total. The number of halogens is 2. The van der Waals surface area contributed by atoms with Gasteiger partial charge in [-0.3, -0.25) is 9.69 Å². The summed E-state index contributed by atoms with van der Waals surface area (Å²) >= 11 is 12.8. The predicted molar refractivity (Wildman–Crippen MR) is 146 cm³/mol. The molecule has 0 bridgehead atoms. The van der Waals surface area contributed by atoms with Crippen molar-refractivity contribution in [3.8, 4) is 5.75 Å². The third kappa shape index (κ3) is 6.09. The number of methoxy groups -OCH3 is 1. The van der Waals surface area contributed by atoms with Crippen molar-refractivity contribution >= 4 is 40.6 Å². The molecule has 2 heterocycles. The van der Waals surface area contributed by atoms with Crippen LogP contribution in [0.5, 0.6) is 5.75 Å². The molecule has 0 saturated carbocycles. The summed E-state index contributed by atoms with van der Waals surface area (Å²) in [5.74, 6) is 0.877. The second-order valence-electron chi connectivity index (χ2n) is 8.86. The van der Waals surface area contributed by atoms with Gasteiger partial charge in [-0.2, -0.15) is 0 Å². The average molecular weight is 528 g/mol. The number of likely N-dealkylation sites (N-methyl/N-ethyl adjacent to an activating group) is 2. The molecule has 2 aromatic carbocycles. The zero-order chi connectivity index (χ0) is 25.7. The normalized spacial score (nSPS) is 14.1. The number of piperazine rings is 1. The lowest BCUT2D eigenvalue weighted by Crippen LogP contribution is -2.44.